The van der Waals surface area contributed by atoms with Gasteiger partial charge in [0.15, 0.2) is 0 Å². The number of aliphatic hydroxyl groups is 2. The molecule has 2 N–H and O–H groups in total. The lowest BCUT2D eigenvalue weighted by Crippen LogP contribution is -2.25. The van der Waals surface area contributed by atoms with Gasteiger partial charge < -0.3 is 10.2 Å². The van der Waals surface area contributed by atoms with Crippen LogP contribution in [0.25, 0.3) is 0 Å². The minimum atomic E-state index is -0.882. The molecule has 3 rings (SSSR count). The van der Waals surface area contributed by atoms with Crippen LogP contribution in [0, 0.1) is 0 Å². The van der Waals surface area contributed by atoms with Gasteiger partial charge in [0.2, 0.25) is 0 Å². The summed E-state index contributed by atoms with van der Waals surface area (Å²) in [6, 6.07) is 1.90. The van der Waals surface area contributed by atoms with Crippen LogP contribution in [0.1, 0.15) is 29.6 Å². The molecule has 0 spiro atoms. The summed E-state index contributed by atoms with van der Waals surface area (Å²) in [5.74, 6) is 0. The monoisotopic (exact) mass is 308 g/mol. The summed E-state index contributed by atoms with van der Waals surface area (Å²) in [6.45, 7) is 3.43. The van der Waals surface area contributed by atoms with E-state index in [1.165, 1.54) is 0 Å². The van der Waals surface area contributed by atoms with E-state index in [0.29, 0.717) is 5.69 Å². The first kappa shape index (κ1) is 14.6. The predicted molar refractivity (Wildman–Crippen MR) is 80.0 cm³/mol. The molecule has 2 aromatic heterocycles. The minimum absolute atomic E-state index is 0.288. The van der Waals surface area contributed by atoms with Crippen LogP contribution in [0.2, 0.25) is 0 Å². The van der Waals surface area contributed by atoms with Crippen molar-refractivity contribution in [2.45, 2.75) is 32.0 Å². The first-order valence-corrected chi connectivity index (χ1v) is 8.15. The summed E-state index contributed by atoms with van der Waals surface area (Å²) in [4.78, 5) is 6.72. The molecule has 0 bridgehead atoms. The van der Waals surface area contributed by atoms with Gasteiger partial charge >= 0.3 is 0 Å². The highest BCUT2D eigenvalue weighted by Gasteiger charge is 2.19. The normalized spacial score (nSPS) is 17.4. The Morgan fingerprint density at radius 2 is 2.29 bits per heavy atom. The summed E-state index contributed by atoms with van der Waals surface area (Å²) < 4.78 is 1.96. The molecule has 6 nitrogen and oxygen atoms in total. The van der Waals surface area contributed by atoms with Crippen LogP contribution >= 0.6 is 11.3 Å². The number of rotatable bonds is 5. The number of aromatic nitrogens is 3. The molecule has 0 aromatic carbocycles. The van der Waals surface area contributed by atoms with Crippen molar-refractivity contribution in [3.05, 3.63) is 34.0 Å². The quantitative estimate of drug-likeness (QED) is 0.855. The molecule has 0 aliphatic carbocycles. The van der Waals surface area contributed by atoms with Gasteiger partial charge in [-0.15, -0.1) is 11.3 Å². The SMILES string of the molecule is OC[C@@H](O)c1cc2n(n1)CCCN(CCc1cscn1)C2. The highest BCUT2D eigenvalue weighted by atomic mass is 32.1. The van der Waals surface area contributed by atoms with Crippen molar-refractivity contribution >= 4 is 11.3 Å². The molecule has 114 valence electrons. The van der Waals surface area contributed by atoms with Crippen molar-refractivity contribution in [1.82, 2.24) is 19.7 Å². The Kier molecular flexibility index (Phi) is 4.64. The van der Waals surface area contributed by atoms with E-state index in [-0.39, 0.29) is 6.61 Å². The third kappa shape index (κ3) is 3.49. The Morgan fingerprint density at radius 1 is 1.38 bits per heavy atom. The number of hydrogen-bond acceptors (Lipinski definition) is 6. The molecule has 1 aliphatic heterocycles. The van der Waals surface area contributed by atoms with E-state index < -0.39 is 6.10 Å². The molecule has 1 aliphatic rings. The minimum Gasteiger partial charge on any atom is -0.393 e. The molecular weight excluding hydrogens is 288 g/mol. The molecule has 0 saturated carbocycles. The van der Waals surface area contributed by atoms with Crippen molar-refractivity contribution in [2.24, 2.45) is 0 Å². The smallest absolute Gasteiger partial charge is 0.121 e. The van der Waals surface area contributed by atoms with Crippen molar-refractivity contribution in [1.29, 1.82) is 0 Å². The van der Waals surface area contributed by atoms with Crippen molar-refractivity contribution < 1.29 is 10.2 Å². The Bertz CT molecular complexity index is 570. The lowest BCUT2D eigenvalue weighted by atomic mass is 10.2. The zero-order valence-electron chi connectivity index (χ0n) is 11.9. The average Bonchev–Trinajstić information content (AvgIpc) is 3.11. The lowest BCUT2D eigenvalue weighted by molar-refractivity contribution is 0.0916. The van der Waals surface area contributed by atoms with Crippen LogP contribution in [-0.2, 0) is 19.5 Å². The summed E-state index contributed by atoms with van der Waals surface area (Å²) in [5, 5.41) is 25.2. The average molecular weight is 308 g/mol. The first-order chi connectivity index (χ1) is 10.3. The van der Waals surface area contributed by atoms with E-state index in [1.54, 1.807) is 11.3 Å². The van der Waals surface area contributed by atoms with Crippen LogP contribution < -0.4 is 0 Å². The molecule has 7 heteroatoms. The molecular formula is C14H20N4O2S. The first-order valence-electron chi connectivity index (χ1n) is 7.21. The van der Waals surface area contributed by atoms with Gasteiger partial charge in [0, 0.05) is 38.0 Å². The molecule has 21 heavy (non-hydrogen) atoms. The fourth-order valence-corrected chi connectivity index (χ4v) is 3.22. The van der Waals surface area contributed by atoms with E-state index >= 15 is 0 Å². The number of nitrogens with zero attached hydrogens (tertiary/aromatic N) is 4. The Balaban J connectivity index is 1.65. The van der Waals surface area contributed by atoms with Gasteiger partial charge in [-0.2, -0.15) is 5.10 Å². The Hall–Kier alpha value is -1.28. The maximum absolute atomic E-state index is 9.70. The van der Waals surface area contributed by atoms with E-state index in [0.717, 1.165) is 50.4 Å². The number of thiazole rings is 1. The summed E-state index contributed by atoms with van der Waals surface area (Å²) in [5.41, 5.74) is 4.69. The van der Waals surface area contributed by atoms with Crippen LogP contribution in [0.4, 0.5) is 0 Å². The number of fused-ring (bicyclic) bond motifs is 1. The Morgan fingerprint density at radius 3 is 3.05 bits per heavy atom. The Labute approximate surface area is 127 Å². The predicted octanol–water partition coefficient (Wildman–Crippen LogP) is 0.814. The van der Waals surface area contributed by atoms with Gasteiger partial charge in [-0.05, 0) is 12.5 Å². The number of hydrogen-bond donors (Lipinski definition) is 2. The fourth-order valence-electron chi connectivity index (χ4n) is 2.63. The topological polar surface area (TPSA) is 74.4 Å². The van der Waals surface area contributed by atoms with Gasteiger partial charge in [0.25, 0.3) is 0 Å². The summed E-state index contributed by atoms with van der Waals surface area (Å²) in [7, 11) is 0. The van der Waals surface area contributed by atoms with Gasteiger partial charge in [-0.3, -0.25) is 9.58 Å². The zero-order valence-corrected chi connectivity index (χ0v) is 12.7. The second-order valence-corrected chi connectivity index (χ2v) is 6.06. The van der Waals surface area contributed by atoms with Gasteiger partial charge in [0.05, 0.1) is 29.2 Å². The van der Waals surface area contributed by atoms with E-state index in [2.05, 4.69) is 20.4 Å². The highest BCUT2D eigenvalue weighted by Crippen LogP contribution is 2.18. The molecule has 3 heterocycles. The molecule has 0 radical (unpaired) electrons. The fraction of sp³-hybridized carbons (Fsp3) is 0.571. The number of aliphatic hydroxyl groups excluding tert-OH is 2. The van der Waals surface area contributed by atoms with E-state index in [4.69, 9.17) is 5.11 Å². The van der Waals surface area contributed by atoms with E-state index in [9.17, 15) is 5.11 Å². The standard InChI is InChI=1S/C14H20N4O2S/c19-8-14(20)13-6-12-7-17(3-1-4-18(12)16-13)5-2-11-9-21-10-15-11/h6,9-10,14,19-20H,1-5,7-8H2/t14-/m1/s1. The number of aryl methyl sites for hydroxylation is 1. The van der Waals surface area contributed by atoms with Crippen molar-refractivity contribution in [2.75, 3.05) is 19.7 Å². The second kappa shape index (κ2) is 6.65. The third-order valence-electron chi connectivity index (χ3n) is 3.79. The second-order valence-electron chi connectivity index (χ2n) is 5.34. The maximum atomic E-state index is 9.70. The van der Waals surface area contributed by atoms with Crippen LogP contribution in [0.5, 0.6) is 0 Å². The lowest BCUT2D eigenvalue weighted by Gasteiger charge is -2.18. The zero-order chi connectivity index (χ0) is 14.7. The van der Waals surface area contributed by atoms with Crippen LogP contribution in [0.3, 0.4) is 0 Å². The maximum Gasteiger partial charge on any atom is 0.121 e. The van der Waals surface area contributed by atoms with Crippen LogP contribution in [0.15, 0.2) is 17.0 Å². The van der Waals surface area contributed by atoms with Gasteiger partial charge in [0.1, 0.15) is 6.10 Å². The van der Waals surface area contributed by atoms with Crippen molar-refractivity contribution in [3.63, 3.8) is 0 Å². The molecule has 0 amide bonds. The molecule has 1 atom stereocenters. The summed E-state index contributed by atoms with van der Waals surface area (Å²) >= 11 is 1.63. The largest absolute Gasteiger partial charge is 0.393 e. The third-order valence-corrected chi connectivity index (χ3v) is 4.43. The summed E-state index contributed by atoms with van der Waals surface area (Å²) in [6.07, 6.45) is 1.12. The molecule has 2 aromatic rings. The van der Waals surface area contributed by atoms with Gasteiger partial charge in [-0.1, -0.05) is 0 Å². The van der Waals surface area contributed by atoms with E-state index in [1.807, 2.05) is 16.3 Å². The van der Waals surface area contributed by atoms with Gasteiger partial charge in [-0.25, -0.2) is 4.98 Å². The van der Waals surface area contributed by atoms with Crippen molar-refractivity contribution in [3.8, 4) is 0 Å². The highest BCUT2D eigenvalue weighted by molar-refractivity contribution is 7.07. The van der Waals surface area contributed by atoms with Crippen LogP contribution in [-0.4, -0.2) is 49.6 Å². The molecule has 0 fully saturated rings. The molecule has 0 saturated heterocycles. The molecule has 0 unspecified atom stereocenters.